The van der Waals surface area contributed by atoms with Crippen molar-refractivity contribution >= 4 is 23.8 Å². The molecule has 1 amide bonds. The summed E-state index contributed by atoms with van der Waals surface area (Å²) in [4.78, 5) is 47.1. The Morgan fingerprint density at radius 3 is 1.46 bits per heavy atom. The molecule has 0 radical (unpaired) electrons. The lowest BCUT2D eigenvalue weighted by molar-refractivity contribution is -0.145. The number of rotatable bonds is 26. The summed E-state index contributed by atoms with van der Waals surface area (Å²) in [5, 5.41) is 11.6. The van der Waals surface area contributed by atoms with E-state index in [0.717, 1.165) is 90.0 Å². The van der Waals surface area contributed by atoms with Gasteiger partial charge in [0.05, 0.1) is 27.3 Å². The van der Waals surface area contributed by atoms with E-state index >= 15 is 0 Å². The molecule has 0 saturated carbocycles. The van der Waals surface area contributed by atoms with E-state index in [1.165, 1.54) is 33.5 Å². The van der Waals surface area contributed by atoms with Crippen LogP contribution < -0.4 is 5.32 Å². The number of carboxylic acids is 1. The molecule has 0 aliphatic rings. The van der Waals surface area contributed by atoms with E-state index in [0.29, 0.717) is 13.0 Å². The minimum absolute atomic E-state index is 0.0952. The van der Waals surface area contributed by atoms with Gasteiger partial charge in [0.25, 0.3) is 0 Å². The van der Waals surface area contributed by atoms with E-state index in [4.69, 9.17) is 5.11 Å². The van der Waals surface area contributed by atoms with Crippen molar-refractivity contribution in [1.29, 1.82) is 0 Å². The number of nitrogens with zero attached hydrogens (tertiary/aromatic N) is 1. The summed E-state index contributed by atoms with van der Waals surface area (Å²) < 4.78 is 9.37. The molecule has 0 unspecified atom stereocenters. The van der Waals surface area contributed by atoms with Crippen LogP contribution in [0.3, 0.4) is 0 Å². The maximum atomic E-state index is 11.9. The minimum atomic E-state index is -0.705. The Hall–Kier alpha value is -2.16. The fraction of sp³-hybridized carbons (Fsp3) is 0.857. The average Bonchev–Trinajstić information content (AvgIpc) is 2.87. The van der Waals surface area contributed by atoms with E-state index in [2.05, 4.69) is 14.8 Å². The van der Waals surface area contributed by atoms with Gasteiger partial charge in [-0.05, 0) is 32.2 Å². The van der Waals surface area contributed by atoms with E-state index in [-0.39, 0.29) is 37.4 Å². The summed E-state index contributed by atoms with van der Waals surface area (Å²) >= 11 is 0. The number of ether oxygens (including phenoxy) is 2. The van der Waals surface area contributed by atoms with Crippen molar-refractivity contribution in [3.63, 3.8) is 0 Å². The first-order valence-corrected chi connectivity index (χ1v) is 14.2. The van der Waals surface area contributed by atoms with Crippen LogP contribution in [0.15, 0.2) is 0 Å². The van der Waals surface area contributed by atoms with Gasteiger partial charge in [0, 0.05) is 19.4 Å². The van der Waals surface area contributed by atoms with Crippen molar-refractivity contribution in [3.8, 4) is 0 Å². The molecule has 0 aromatic rings. The molecular formula is C28H52N2O7. The summed E-state index contributed by atoms with van der Waals surface area (Å²) in [6.07, 6.45) is 18.0. The summed E-state index contributed by atoms with van der Waals surface area (Å²) in [6.45, 7) is 1.61. The summed E-state index contributed by atoms with van der Waals surface area (Å²) in [5.41, 5.74) is 0. The average molecular weight is 529 g/mol. The van der Waals surface area contributed by atoms with Gasteiger partial charge >= 0.3 is 17.9 Å². The Bertz CT molecular complexity index is 595. The maximum absolute atomic E-state index is 11.9. The molecule has 0 saturated heterocycles. The Morgan fingerprint density at radius 2 is 1.00 bits per heavy atom. The predicted molar refractivity (Wildman–Crippen MR) is 144 cm³/mol. The number of methoxy groups -OCH3 is 2. The van der Waals surface area contributed by atoms with Gasteiger partial charge in [-0.25, -0.2) is 0 Å². The number of nitrogens with one attached hydrogen (secondary N) is 1. The molecule has 0 aliphatic carbocycles. The van der Waals surface area contributed by atoms with Crippen LogP contribution in [-0.4, -0.2) is 74.2 Å². The highest BCUT2D eigenvalue weighted by molar-refractivity contribution is 5.75. The van der Waals surface area contributed by atoms with E-state index in [9.17, 15) is 19.2 Å². The normalized spacial score (nSPS) is 10.9. The highest BCUT2D eigenvalue weighted by Gasteiger charge is 2.14. The lowest BCUT2D eigenvalue weighted by Gasteiger charge is -2.19. The van der Waals surface area contributed by atoms with Crippen molar-refractivity contribution in [2.45, 2.75) is 116 Å². The molecule has 216 valence electrons. The molecule has 2 N–H and O–H groups in total. The third-order valence-corrected chi connectivity index (χ3v) is 6.43. The summed E-state index contributed by atoms with van der Waals surface area (Å²) in [5.74, 6) is -1.26. The van der Waals surface area contributed by atoms with Crippen LogP contribution in [0.1, 0.15) is 116 Å². The predicted octanol–water partition coefficient (Wildman–Crippen LogP) is 4.86. The van der Waals surface area contributed by atoms with E-state index < -0.39 is 5.97 Å². The van der Waals surface area contributed by atoms with Gasteiger partial charge in [0.15, 0.2) is 0 Å². The second-order valence-corrected chi connectivity index (χ2v) is 9.76. The van der Waals surface area contributed by atoms with Crippen LogP contribution >= 0.6 is 0 Å². The fourth-order valence-corrected chi connectivity index (χ4v) is 4.17. The number of hydrogen-bond donors (Lipinski definition) is 2. The zero-order chi connectivity index (χ0) is 27.6. The van der Waals surface area contributed by atoms with Crippen molar-refractivity contribution in [2.24, 2.45) is 0 Å². The van der Waals surface area contributed by atoms with Crippen LogP contribution in [0, 0.1) is 0 Å². The molecular weight excluding hydrogens is 476 g/mol. The molecule has 9 heteroatoms. The Morgan fingerprint density at radius 1 is 0.595 bits per heavy atom. The van der Waals surface area contributed by atoms with Crippen molar-refractivity contribution in [1.82, 2.24) is 10.2 Å². The van der Waals surface area contributed by atoms with E-state index in [1.807, 2.05) is 0 Å². The second-order valence-electron chi connectivity index (χ2n) is 9.76. The number of esters is 2. The SMILES string of the molecule is COC(=O)CN(CCCCCCCCCCC(=O)NCCCCCCCCCCC(=O)O)CC(=O)OC. The number of unbranched alkanes of at least 4 members (excludes halogenated alkanes) is 14. The molecule has 0 spiro atoms. The number of carbonyl (C=O) groups excluding carboxylic acids is 3. The molecule has 0 aliphatic heterocycles. The minimum Gasteiger partial charge on any atom is -0.481 e. The molecule has 0 fully saturated rings. The number of amides is 1. The molecule has 0 rings (SSSR count). The summed E-state index contributed by atoms with van der Waals surface area (Å²) in [7, 11) is 2.68. The zero-order valence-corrected chi connectivity index (χ0v) is 23.4. The van der Waals surface area contributed by atoms with Gasteiger partial charge in [-0.15, -0.1) is 0 Å². The number of aliphatic carboxylic acids is 1. The quantitative estimate of drug-likeness (QED) is 0.121. The topological polar surface area (TPSA) is 122 Å². The Balaban J connectivity index is 3.49. The van der Waals surface area contributed by atoms with Gasteiger partial charge < -0.3 is 19.9 Å². The first-order chi connectivity index (χ1) is 17.9. The number of carboxylic acid groups (broad SMARTS) is 1. The van der Waals surface area contributed by atoms with Crippen LogP contribution in [0.4, 0.5) is 0 Å². The van der Waals surface area contributed by atoms with Crippen LogP contribution in [-0.2, 0) is 28.7 Å². The first-order valence-electron chi connectivity index (χ1n) is 14.2. The van der Waals surface area contributed by atoms with Crippen molar-refractivity contribution < 1.29 is 33.8 Å². The van der Waals surface area contributed by atoms with Gasteiger partial charge in [0.2, 0.25) is 5.91 Å². The third-order valence-electron chi connectivity index (χ3n) is 6.43. The van der Waals surface area contributed by atoms with Gasteiger partial charge in [0.1, 0.15) is 0 Å². The highest BCUT2D eigenvalue weighted by atomic mass is 16.5. The van der Waals surface area contributed by atoms with Crippen LogP contribution in [0.5, 0.6) is 0 Å². The molecule has 0 aromatic heterocycles. The van der Waals surface area contributed by atoms with Gasteiger partial charge in [-0.2, -0.15) is 0 Å². The standard InChI is InChI=1S/C28H52N2O7/c1-36-27(34)23-30(24-28(35)37-2)22-18-14-10-6-4-7-11-15-19-25(31)29-21-17-13-9-5-3-8-12-16-20-26(32)33/h3-24H2,1-2H3,(H,29,31)(H,32,33). The highest BCUT2D eigenvalue weighted by Crippen LogP contribution is 2.11. The van der Waals surface area contributed by atoms with Crippen molar-refractivity contribution in [3.05, 3.63) is 0 Å². The lowest BCUT2D eigenvalue weighted by atomic mass is 10.1. The monoisotopic (exact) mass is 528 g/mol. The van der Waals surface area contributed by atoms with Crippen LogP contribution in [0.2, 0.25) is 0 Å². The van der Waals surface area contributed by atoms with Gasteiger partial charge in [-0.3, -0.25) is 24.1 Å². The zero-order valence-electron chi connectivity index (χ0n) is 23.4. The fourth-order valence-electron chi connectivity index (χ4n) is 4.17. The maximum Gasteiger partial charge on any atom is 0.319 e. The van der Waals surface area contributed by atoms with Gasteiger partial charge in [-0.1, -0.05) is 77.0 Å². The largest absolute Gasteiger partial charge is 0.481 e. The Kier molecular flexibility index (Phi) is 24.0. The lowest BCUT2D eigenvalue weighted by Crippen LogP contribution is -2.36. The smallest absolute Gasteiger partial charge is 0.319 e. The van der Waals surface area contributed by atoms with Crippen LogP contribution in [0.25, 0.3) is 0 Å². The summed E-state index contributed by atoms with van der Waals surface area (Å²) in [6, 6.07) is 0. The second kappa shape index (κ2) is 25.5. The molecule has 37 heavy (non-hydrogen) atoms. The first kappa shape index (κ1) is 34.8. The third kappa shape index (κ3) is 25.3. The van der Waals surface area contributed by atoms with Crippen molar-refractivity contribution in [2.75, 3.05) is 40.4 Å². The molecule has 0 heterocycles. The number of carbonyl (C=O) groups is 4. The van der Waals surface area contributed by atoms with E-state index in [1.54, 1.807) is 4.90 Å². The molecule has 0 aromatic carbocycles. The Labute approximate surface area is 224 Å². The molecule has 9 nitrogen and oxygen atoms in total. The number of hydrogen-bond acceptors (Lipinski definition) is 7. The molecule has 0 bridgehead atoms. The molecule has 0 atom stereocenters.